The SMILES string of the molecule is CC(N)Cc1cnc(-c2ccncn2)nc1. The van der Waals surface area contributed by atoms with Crippen molar-refractivity contribution in [3.8, 4) is 11.5 Å². The molecule has 0 radical (unpaired) electrons. The van der Waals surface area contributed by atoms with Crippen LogP contribution in [0.2, 0.25) is 0 Å². The van der Waals surface area contributed by atoms with Crippen molar-refractivity contribution in [2.24, 2.45) is 5.73 Å². The molecule has 2 N–H and O–H groups in total. The summed E-state index contributed by atoms with van der Waals surface area (Å²) in [5.41, 5.74) is 7.46. The molecule has 16 heavy (non-hydrogen) atoms. The van der Waals surface area contributed by atoms with E-state index in [4.69, 9.17) is 5.73 Å². The Balaban J connectivity index is 2.20. The summed E-state index contributed by atoms with van der Waals surface area (Å²) in [6.07, 6.45) is 7.50. The summed E-state index contributed by atoms with van der Waals surface area (Å²) in [6, 6.07) is 1.90. The van der Waals surface area contributed by atoms with Crippen LogP contribution in [0.5, 0.6) is 0 Å². The van der Waals surface area contributed by atoms with E-state index in [1.807, 2.05) is 6.92 Å². The van der Waals surface area contributed by atoms with E-state index in [-0.39, 0.29) is 6.04 Å². The smallest absolute Gasteiger partial charge is 0.178 e. The molecule has 0 aliphatic carbocycles. The Morgan fingerprint density at radius 1 is 1.25 bits per heavy atom. The van der Waals surface area contributed by atoms with Crippen LogP contribution in [0.4, 0.5) is 0 Å². The molecule has 0 saturated carbocycles. The summed E-state index contributed by atoms with van der Waals surface area (Å²) in [4.78, 5) is 16.4. The van der Waals surface area contributed by atoms with Gasteiger partial charge in [0.15, 0.2) is 5.82 Å². The second kappa shape index (κ2) is 4.76. The summed E-state index contributed by atoms with van der Waals surface area (Å²) in [5.74, 6) is 0.607. The van der Waals surface area contributed by atoms with Crippen LogP contribution in [0.3, 0.4) is 0 Å². The lowest BCUT2D eigenvalue weighted by Gasteiger charge is -2.04. The van der Waals surface area contributed by atoms with Gasteiger partial charge in [-0.1, -0.05) is 0 Å². The number of nitrogens with two attached hydrogens (primary N) is 1. The average Bonchev–Trinajstić information content (AvgIpc) is 2.30. The van der Waals surface area contributed by atoms with Gasteiger partial charge < -0.3 is 5.73 Å². The molecule has 82 valence electrons. The quantitative estimate of drug-likeness (QED) is 0.820. The van der Waals surface area contributed by atoms with Gasteiger partial charge in [-0.2, -0.15) is 0 Å². The van der Waals surface area contributed by atoms with Crippen molar-refractivity contribution < 1.29 is 0 Å². The van der Waals surface area contributed by atoms with Crippen molar-refractivity contribution in [3.63, 3.8) is 0 Å². The zero-order chi connectivity index (χ0) is 11.4. The molecule has 0 fully saturated rings. The van der Waals surface area contributed by atoms with Gasteiger partial charge in [-0.15, -0.1) is 0 Å². The fourth-order valence-corrected chi connectivity index (χ4v) is 1.39. The van der Waals surface area contributed by atoms with Crippen molar-refractivity contribution >= 4 is 0 Å². The maximum absolute atomic E-state index is 5.70. The van der Waals surface area contributed by atoms with Gasteiger partial charge in [-0.3, -0.25) is 0 Å². The van der Waals surface area contributed by atoms with Gasteiger partial charge in [0.2, 0.25) is 0 Å². The molecule has 5 heteroatoms. The van der Waals surface area contributed by atoms with E-state index in [9.17, 15) is 0 Å². The van der Waals surface area contributed by atoms with Gasteiger partial charge in [0, 0.05) is 24.6 Å². The first kappa shape index (κ1) is 10.6. The Kier molecular flexibility index (Phi) is 3.16. The number of hydrogen-bond donors (Lipinski definition) is 1. The molecule has 2 aromatic heterocycles. The second-order valence-electron chi connectivity index (χ2n) is 3.69. The minimum Gasteiger partial charge on any atom is -0.328 e. The minimum absolute atomic E-state index is 0.119. The zero-order valence-electron chi connectivity index (χ0n) is 9.04. The first-order chi connectivity index (χ1) is 7.75. The van der Waals surface area contributed by atoms with Crippen molar-refractivity contribution in [2.45, 2.75) is 19.4 Å². The van der Waals surface area contributed by atoms with Crippen LogP contribution in [0.15, 0.2) is 31.0 Å². The highest BCUT2D eigenvalue weighted by molar-refractivity contribution is 5.47. The Bertz CT molecular complexity index is 438. The summed E-state index contributed by atoms with van der Waals surface area (Å²) in [5, 5.41) is 0. The molecule has 0 aromatic carbocycles. The van der Waals surface area contributed by atoms with Crippen LogP contribution in [0, 0.1) is 0 Å². The molecular weight excluding hydrogens is 202 g/mol. The molecule has 0 aliphatic rings. The predicted molar refractivity (Wildman–Crippen MR) is 60.4 cm³/mol. The third-order valence-electron chi connectivity index (χ3n) is 2.07. The fraction of sp³-hybridized carbons (Fsp3) is 0.273. The third-order valence-corrected chi connectivity index (χ3v) is 2.07. The molecule has 5 nitrogen and oxygen atoms in total. The largest absolute Gasteiger partial charge is 0.328 e. The molecule has 0 bridgehead atoms. The maximum Gasteiger partial charge on any atom is 0.178 e. The van der Waals surface area contributed by atoms with Crippen LogP contribution < -0.4 is 5.73 Å². The molecule has 2 heterocycles. The molecule has 0 saturated heterocycles. The Hall–Kier alpha value is -1.88. The minimum atomic E-state index is 0.119. The normalized spacial score (nSPS) is 12.4. The van der Waals surface area contributed by atoms with Crippen LogP contribution in [0.25, 0.3) is 11.5 Å². The van der Waals surface area contributed by atoms with Gasteiger partial charge in [-0.25, -0.2) is 19.9 Å². The zero-order valence-corrected chi connectivity index (χ0v) is 9.04. The molecule has 1 unspecified atom stereocenters. The van der Waals surface area contributed by atoms with Gasteiger partial charge in [0.25, 0.3) is 0 Å². The van der Waals surface area contributed by atoms with Gasteiger partial charge in [0.05, 0.1) is 0 Å². The highest BCUT2D eigenvalue weighted by Gasteiger charge is 2.03. The number of hydrogen-bond acceptors (Lipinski definition) is 5. The van der Waals surface area contributed by atoms with E-state index in [2.05, 4.69) is 19.9 Å². The highest BCUT2D eigenvalue weighted by atomic mass is 14.9. The lowest BCUT2D eigenvalue weighted by molar-refractivity contribution is 0.732. The standard InChI is InChI=1S/C11H13N5/c1-8(12)4-9-5-14-11(15-6-9)10-2-3-13-7-16-10/h2-3,5-8H,4,12H2,1H3. The lowest BCUT2D eigenvalue weighted by atomic mass is 10.1. The molecule has 2 rings (SSSR count). The molecule has 0 spiro atoms. The summed E-state index contributed by atoms with van der Waals surface area (Å²) < 4.78 is 0. The van der Waals surface area contributed by atoms with Crippen LogP contribution in [-0.2, 0) is 6.42 Å². The molecule has 1 atom stereocenters. The van der Waals surface area contributed by atoms with Crippen molar-refractivity contribution in [2.75, 3.05) is 0 Å². The van der Waals surface area contributed by atoms with Crippen molar-refractivity contribution in [3.05, 3.63) is 36.5 Å². The van der Waals surface area contributed by atoms with E-state index >= 15 is 0 Å². The summed E-state index contributed by atoms with van der Waals surface area (Å²) >= 11 is 0. The molecular formula is C11H13N5. The molecule has 0 amide bonds. The first-order valence-corrected chi connectivity index (χ1v) is 5.08. The topological polar surface area (TPSA) is 77.6 Å². The van der Waals surface area contributed by atoms with Crippen molar-refractivity contribution in [1.29, 1.82) is 0 Å². The molecule has 2 aromatic rings. The monoisotopic (exact) mass is 215 g/mol. The second-order valence-corrected chi connectivity index (χ2v) is 3.69. The van der Waals surface area contributed by atoms with E-state index in [0.29, 0.717) is 5.82 Å². The van der Waals surface area contributed by atoms with Crippen LogP contribution in [-0.4, -0.2) is 26.0 Å². The maximum atomic E-state index is 5.70. The Morgan fingerprint density at radius 3 is 2.56 bits per heavy atom. The van der Waals surface area contributed by atoms with Crippen molar-refractivity contribution in [1.82, 2.24) is 19.9 Å². The van der Waals surface area contributed by atoms with E-state index < -0.39 is 0 Å². The summed E-state index contributed by atoms with van der Waals surface area (Å²) in [6.45, 7) is 1.96. The number of nitrogens with zero attached hydrogens (tertiary/aromatic N) is 4. The number of aromatic nitrogens is 4. The van der Waals surface area contributed by atoms with Gasteiger partial charge in [0.1, 0.15) is 12.0 Å². The molecule has 0 aliphatic heterocycles. The first-order valence-electron chi connectivity index (χ1n) is 5.08. The predicted octanol–water partition coefficient (Wildman–Crippen LogP) is 0.823. The van der Waals surface area contributed by atoms with E-state index in [1.165, 1.54) is 6.33 Å². The van der Waals surface area contributed by atoms with Crippen LogP contribution >= 0.6 is 0 Å². The summed E-state index contributed by atoms with van der Waals surface area (Å²) in [7, 11) is 0. The van der Waals surface area contributed by atoms with Crippen LogP contribution in [0.1, 0.15) is 12.5 Å². The fourth-order valence-electron chi connectivity index (χ4n) is 1.39. The highest BCUT2D eigenvalue weighted by Crippen LogP contribution is 2.09. The van der Waals surface area contributed by atoms with Gasteiger partial charge >= 0.3 is 0 Å². The number of rotatable bonds is 3. The van der Waals surface area contributed by atoms with E-state index in [1.54, 1.807) is 24.7 Å². The Labute approximate surface area is 93.8 Å². The average molecular weight is 215 g/mol. The van der Waals surface area contributed by atoms with E-state index in [0.717, 1.165) is 17.7 Å². The Morgan fingerprint density at radius 2 is 2.00 bits per heavy atom. The van der Waals surface area contributed by atoms with Gasteiger partial charge in [-0.05, 0) is 25.0 Å². The third kappa shape index (κ3) is 2.58. The lowest BCUT2D eigenvalue weighted by Crippen LogP contribution is -2.18.